The van der Waals surface area contributed by atoms with Gasteiger partial charge >= 0.3 is 0 Å². The van der Waals surface area contributed by atoms with E-state index in [0.717, 1.165) is 12.3 Å². The first-order chi connectivity index (χ1) is 8.79. The van der Waals surface area contributed by atoms with Crippen molar-refractivity contribution in [1.29, 1.82) is 0 Å². The van der Waals surface area contributed by atoms with Gasteiger partial charge in [0, 0.05) is 18.6 Å². The standard InChI is InChI=1S/C16H24N2/c1-2-5-12-8-9-18(11-12)16-10-15(17)13-6-3-4-7-14(13)16/h3-4,6-7,12,15-16H,2,5,8-11,17H2,1H3. The molecular weight excluding hydrogens is 220 g/mol. The van der Waals surface area contributed by atoms with Gasteiger partial charge in [0.1, 0.15) is 0 Å². The molecule has 2 N–H and O–H groups in total. The van der Waals surface area contributed by atoms with Crippen molar-refractivity contribution in [3.63, 3.8) is 0 Å². The minimum absolute atomic E-state index is 0.247. The van der Waals surface area contributed by atoms with Crippen LogP contribution in [0.3, 0.4) is 0 Å². The number of hydrogen-bond acceptors (Lipinski definition) is 2. The van der Waals surface area contributed by atoms with Gasteiger partial charge in [-0.15, -0.1) is 0 Å². The molecule has 2 heteroatoms. The average Bonchev–Trinajstić information content (AvgIpc) is 2.96. The van der Waals surface area contributed by atoms with Crippen molar-refractivity contribution in [2.75, 3.05) is 13.1 Å². The van der Waals surface area contributed by atoms with Crippen LogP contribution in [-0.2, 0) is 0 Å². The van der Waals surface area contributed by atoms with E-state index < -0.39 is 0 Å². The maximum Gasteiger partial charge on any atom is 0.0369 e. The molecule has 0 spiro atoms. The van der Waals surface area contributed by atoms with E-state index in [9.17, 15) is 0 Å². The molecule has 1 fully saturated rings. The molecule has 1 saturated heterocycles. The van der Waals surface area contributed by atoms with Gasteiger partial charge in [0.15, 0.2) is 0 Å². The number of nitrogens with two attached hydrogens (primary N) is 1. The van der Waals surface area contributed by atoms with Crippen molar-refractivity contribution in [3.05, 3.63) is 35.4 Å². The summed E-state index contributed by atoms with van der Waals surface area (Å²) in [7, 11) is 0. The minimum Gasteiger partial charge on any atom is -0.324 e. The number of rotatable bonds is 3. The highest BCUT2D eigenvalue weighted by atomic mass is 15.2. The highest BCUT2D eigenvalue weighted by molar-refractivity contribution is 5.37. The molecule has 0 radical (unpaired) electrons. The zero-order valence-corrected chi connectivity index (χ0v) is 11.3. The summed E-state index contributed by atoms with van der Waals surface area (Å²) in [5.41, 5.74) is 9.14. The second-order valence-electron chi connectivity index (χ2n) is 5.93. The molecule has 1 aliphatic carbocycles. The van der Waals surface area contributed by atoms with Gasteiger partial charge in [-0.1, -0.05) is 37.6 Å². The molecule has 2 nitrogen and oxygen atoms in total. The molecule has 18 heavy (non-hydrogen) atoms. The fraction of sp³-hybridized carbons (Fsp3) is 0.625. The smallest absolute Gasteiger partial charge is 0.0369 e. The largest absolute Gasteiger partial charge is 0.324 e. The molecule has 2 aliphatic rings. The van der Waals surface area contributed by atoms with Crippen LogP contribution in [0.15, 0.2) is 24.3 Å². The summed E-state index contributed by atoms with van der Waals surface area (Å²) in [6, 6.07) is 9.59. The highest BCUT2D eigenvalue weighted by Gasteiger charge is 2.35. The van der Waals surface area contributed by atoms with Crippen molar-refractivity contribution in [1.82, 2.24) is 4.90 Å². The summed E-state index contributed by atoms with van der Waals surface area (Å²) in [6.07, 6.45) is 5.19. The summed E-state index contributed by atoms with van der Waals surface area (Å²) in [4.78, 5) is 2.67. The van der Waals surface area contributed by atoms with Crippen LogP contribution >= 0.6 is 0 Å². The first-order valence-electron chi connectivity index (χ1n) is 7.38. The van der Waals surface area contributed by atoms with Crippen LogP contribution < -0.4 is 5.73 Å². The lowest BCUT2D eigenvalue weighted by Crippen LogP contribution is -2.25. The lowest BCUT2D eigenvalue weighted by atomic mass is 10.0. The van der Waals surface area contributed by atoms with Gasteiger partial charge < -0.3 is 5.73 Å². The van der Waals surface area contributed by atoms with Crippen LogP contribution in [-0.4, -0.2) is 18.0 Å². The predicted octanol–water partition coefficient (Wildman–Crippen LogP) is 3.25. The molecule has 3 unspecified atom stereocenters. The molecule has 0 bridgehead atoms. The Morgan fingerprint density at radius 2 is 2.06 bits per heavy atom. The van der Waals surface area contributed by atoms with E-state index in [4.69, 9.17) is 5.73 Å². The number of fused-ring (bicyclic) bond motifs is 1. The Hall–Kier alpha value is -0.860. The summed E-state index contributed by atoms with van der Waals surface area (Å²) >= 11 is 0. The molecule has 0 saturated carbocycles. The molecule has 1 aromatic rings. The SMILES string of the molecule is CCCC1CCN(C2CC(N)c3ccccc32)C1. The number of likely N-dealkylation sites (tertiary alicyclic amines) is 1. The fourth-order valence-electron chi connectivity index (χ4n) is 3.78. The van der Waals surface area contributed by atoms with Gasteiger partial charge in [-0.3, -0.25) is 4.90 Å². The summed E-state index contributed by atoms with van der Waals surface area (Å²) in [6.45, 7) is 4.83. The maximum absolute atomic E-state index is 6.27. The van der Waals surface area contributed by atoms with Crippen LogP contribution in [0.1, 0.15) is 55.8 Å². The van der Waals surface area contributed by atoms with E-state index in [2.05, 4.69) is 36.1 Å². The van der Waals surface area contributed by atoms with E-state index in [1.165, 1.54) is 43.5 Å². The van der Waals surface area contributed by atoms with E-state index in [1.807, 2.05) is 0 Å². The summed E-state index contributed by atoms with van der Waals surface area (Å²) in [5, 5.41) is 0. The Balaban J connectivity index is 1.75. The first kappa shape index (κ1) is 12.2. The Morgan fingerprint density at radius 1 is 1.28 bits per heavy atom. The number of hydrogen-bond donors (Lipinski definition) is 1. The van der Waals surface area contributed by atoms with Crippen LogP contribution in [0.25, 0.3) is 0 Å². The molecule has 0 aromatic heterocycles. The molecule has 0 amide bonds. The average molecular weight is 244 g/mol. The molecule has 3 atom stereocenters. The molecule has 1 heterocycles. The lowest BCUT2D eigenvalue weighted by Gasteiger charge is -2.25. The molecule has 98 valence electrons. The topological polar surface area (TPSA) is 29.3 Å². The molecule has 1 aliphatic heterocycles. The first-order valence-corrected chi connectivity index (χ1v) is 7.38. The van der Waals surface area contributed by atoms with Crippen LogP contribution in [0.4, 0.5) is 0 Å². The van der Waals surface area contributed by atoms with Gasteiger partial charge in [0.05, 0.1) is 0 Å². The Morgan fingerprint density at radius 3 is 2.83 bits per heavy atom. The number of nitrogens with zero attached hydrogens (tertiary/aromatic N) is 1. The van der Waals surface area contributed by atoms with Gasteiger partial charge in [-0.05, 0) is 42.9 Å². The summed E-state index contributed by atoms with van der Waals surface area (Å²) < 4.78 is 0. The van der Waals surface area contributed by atoms with Crippen LogP contribution in [0, 0.1) is 5.92 Å². The summed E-state index contributed by atoms with van der Waals surface area (Å²) in [5.74, 6) is 0.916. The maximum atomic E-state index is 6.27. The quantitative estimate of drug-likeness (QED) is 0.884. The normalized spacial score (nSPS) is 31.8. The van der Waals surface area contributed by atoms with Crippen molar-refractivity contribution in [2.24, 2.45) is 11.7 Å². The van der Waals surface area contributed by atoms with Crippen molar-refractivity contribution in [3.8, 4) is 0 Å². The lowest BCUT2D eigenvalue weighted by molar-refractivity contribution is 0.228. The molecule has 1 aromatic carbocycles. The molecule has 3 rings (SSSR count). The Kier molecular flexibility index (Phi) is 3.40. The Labute approximate surface area is 110 Å². The third-order valence-corrected chi connectivity index (χ3v) is 4.69. The fourth-order valence-corrected chi connectivity index (χ4v) is 3.78. The second-order valence-corrected chi connectivity index (χ2v) is 5.93. The second kappa shape index (κ2) is 5.02. The third kappa shape index (κ3) is 2.08. The van der Waals surface area contributed by atoms with E-state index in [1.54, 1.807) is 0 Å². The zero-order valence-electron chi connectivity index (χ0n) is 11.3. The van der Waals surface area contributed by atoms with E-state index in [-0.39, 0.29) is 6.04 Å². The van der Waals surface area contributed by atoms with Crippen molar-refractivity contribution >= 4 is 0 Å². The number of benzene rings is 1. The van der Waals surface area contributed by atoms with Gasteiger partial charge in [-0.2, -0.15) is 0 Å². The van der Waals surface area contributed by atoms with Crippen molar-refractivity contribution < 1.29 is 0 Å². The van der Waals surface area contributed by atoms with Gasteiger partial charge in [0.25, 0.3) is 0 Å². The minimum atomic E-state index is 0.247. The molecular formula is C16H24N2. The zero-order chi connectivity index (χ0) is 12.5. The Bertz CT molecular complexity index is 415. The van der Waals surface area contributed by atoms with Gasteiger partial charge in [0.2, 0.25) is 0 Å². The van der Waals surface area contributed by atoms with Crippen molar-refractivity contribution in [2.45, 2.75) is 44.7 Å². The van der Waals surface area contributed by atoms with E-state index >= 15 is 0 Å². The third-order valence-electron chi connectivity index (χ3n) is 4.69. The van der Waals surface area contributed by atoms with Crippen LogP contribution in [0.2, 0.25) is 0 Å². The van der Waals surface area contributed by atoms with Gasteiger partial charge in [-0.25, -0.2) is 0 Å². The highest BCUT2D eigenvalue weighted by Crippen LogP contribution is 2.42. The van der Waals surface area contributed by atoms with E-state index in [0.29, 0.717) is 6.04 Å². The predicted molar refractivity (Wildman–Crippen MR) is 75.3 cm³/mol. The monoisotopic (exact) mass is 244 g/mol. The van der Waals surface area contributed by atoms with Crippen LogP contribution in [0.5, 0.6) is 0 Å².